The van der Waals surface area contributed by atoms with Crippen molar-refractivity contribution in [3.05, 3.63) is 0 Å². The van der Waals surface area contributed by atoms with Gasteiger partial charge in [-0.15, -0.1) is 0 Å². The Morgan fingerprint density at radius 2 is 1.65 bits per heavy atom. The van der Waals surface area contributed by atoms with Crippen LogP contribution in [0.2, 0.25) is 0 Å². The highest BCUT2D eigenvalue weighted by atomic mass is 16.7. The van der Waals surface area contributed by atoms with Crippen molar-refractivity contribution in [3.8, 4) is 0 Å². The first-order valence-corrected chi connectivity index (χ1v) is 6.14. The lowest BCUT2D eigenvalue weighted by Gasteiger charge is -2.30. The van der Waals surface area contributed by atoms with E-state index < -0.39 is 6.29 Å². The summed E-state index contributed by atoms with van der Waals surface area (Å²) in [6.07, 6.45) is 0.347. The number of carbonyl (C=O) groups is 2. The van der Waals surface area contributed by atoms with Gasteiger partial charge in [0.05, 0.1) is 6.54 Å². The number of hydrogen-bond donors (Lipinski definition) is 0. The molecule has 0 N–H and O–H groups in total. The molecule has 0 aromatic rings. The van der Waals surface area contributed by atoms with Gasteiger partial charge in [-0.25, -0.2) is 0 Å². The maximum atomic E-state index is 11.8. The van der Waals surface area contributed by atoms with Gasteiger partial charge in [-0.2, -0.15) is 0 Å². The lowest BCUT2D eigenvalue weighted by molar-refractivity contribution is -0.170. The molecule has 0 aromatic heterocycles. The Balaban J connectivity index is 2.58. The zero-order chi connectivity index (χ0) is 12.8. The number of hydrogen-bond acceptors (Lipinski definition) is 4. The zero-order valence-electron chi connectivity index (χ0n) is 10.8. The quantitative estimate of drug-likeness (QED) is 0.519. The van der Waals surface area contributed by atoms with Gasteiger partial charge < -0.3 is 9.47 Å². The van der Waals surface area contributed by atoms with Crippen LogP contribution in [0, 0.1) is 5.92 Å². The number of nitrogens with zero attached hydrogens (tertiary/aromatic N) is 1. The molecule has 1 heterocycles. The Labute approximate surface area is 102 Å². The molecule has 1 saturated heterocycles. The van der Waals surface area contributed by atoms with Gasteiger partial charge in [0.25, 0.3) is 0 Å². The van der Waals surface area contributed by atoms with Gasteiger partial charge in [0.1, 0.15) is 0 Å². The van der Waals surface area contributed by atoms with Crippen LogP contribution in [0.15, 0.2) is 0 Å². The van der Waals surface area contributed by atoms with E-state index in [0.717, 1.165) is 0 Å². The van der Waals surface area contributed by atoms with Gasteiger partial charge in [0.2, 0.25) is 11.8 Å². The number of piperidine rings is 1. The zero-order valence-corrected chi connectivity index (χ0v) is 10.8. The van der Waals surface area contributed by atoms with Crippen LogP contribution in [0.3, 0.4) is 0 Å². The lowest BCUT2D eigenvalue weighted by Crippen LogP contribution is -2.47. The minimum atomic E-state index is -0.508. The highest BCUT2D eigenvalue weighted by Crippen LogP contribution is 2.19. The summed E-state index contributed by atoms with van der Waals surface area (Å²) in [5, 5.41) is 0. The Morgan fingerprint density at radius 3 is 2.06 bits per heavy atom. The molecule has 1 fully saturated rings. The van der Waals surface area contributed by atoms with E-state index in [0.29, 0.717) is 26.1 Å². The Morgan fingerprint density at radius 1 is 1.18 bits per heavy atom. The molecule has 0 atom stereocenters. The van der Waals surface area contributed by atoms with Crippen molar-refractivity contribution in [2.75, 3.05) is 19.8 Å². The molecular formula is C12H21NO4. The van der Waals surface area contributed by atoms with E-state index in [1.54, 1.807) is 0 Å². The summed E-state index contributed by atoms with van der Waals surface area (Å²) >= 11 is 0. The van der Waals surface area contributed by atoms with E-state index in [4.69, 9.17) is 9.47 Å². The summed E-state index contributed by atoms with van der Waals surface area (Å²) < 4.78 is 10.7. The summed E-state index contributed by atoms with van der Waals surface area (Å²) in [6, 6.07) is 0. The molecule has 5 nitrogen and oxygen atoms in total. The van der Waals surface area contributed by atoms with Crippen LogP contribution < -0.4 is 0 Å². The average molecular weight is 243 g/mol. The number of imide groups is 1. The maximum absolute atomic E-state index is 11.8. The van der Waals surface area contributed by atoms with Crippen molar-refractivity contribution < 1.29 is 19.1 Å². The van der Waals surface area contributed by atoms with Crippen LogP contribution in [0.25, 0.3) is 0 Å². The topological polar surface area (TPSA) is 55.8 Å². The van der Waals surface area contributed by atoms with Crippen LogP contribution in [-0.2, 0) is 19.1 Å². The second kappa shape index (κ2) is 6.71. The van der Waals surface area contributed by atoms with Gasteiger partial charge in [-0.1, -0.05) is 6.92 Å². The summed E-state index contributed by atoms with van der Waals surface area (Å²) in [6.45, 7) is 6.82. The lowest BCUT2D eigenvalue weighted by atomic mass is 9.98. The molecule has 0 aliphatic carbocycles. The van der Waals surface area contributed by atoms with Crippen molar-refractivity contribution in [1.82, 2.24) is 4.90 Å². The molecule has 0 saturated carbocycles. The van der Waals surface area contributed by atoms with Crippen molar-refractivity contribution in [2.45, 2.75) is 39.9 Å². The first-order valence-electron chi connectivity index (χ1n) is 6.14. The first-order chi connectivity index (χ1) is 8.08. The van der Waals surface area contributed by atoms with Crippen LogP contribution in [0.1, 0.15) is 33.6 Å². The fraction of sp³-hybridized carbons (Fsp3) is 0.833. The van der Waals surface area contributed by atoms with E-state index >= 15 is 0 Å². The van der Waals surface area contributed by atoms with Crippen LogP contribution in [-0.4, -0.2) is 42.8 Å². The number of rotatable bonds is 6. The van der Waals surface area contributed by atoms with Crippen LogP contribution in [0.5, 0.6) is 0 Å². The van der Waals surface area contributed by atoms with Crippen molar-refractivity contribution in [2.24, 2.45) is 5.92 Å². The Hall–Kier alpha value is -0.940. The molecule has 0 unspecified atom stereocenters. The minimum absolute atomic E-state index is 0.127. The third kappa shape index (κ3) is 4.09. The first kappa shape index (κ1) is 14.1. The number of carbonyl (C=O) groups excluding carboxylic acids is 2. The molecule has 0 radical (unpaired) electrons. The van der Waals surface area contributed by atoms with E-state index in [1.165, 1.54) is 4.90 Å². The molecule has 1 rings (SSSR count). The molecule has 17 heavy (non-hydrogen) atoms. The molecule has 1 aliphatic heterocycles. The monoisotopic (exact) mass is 243 g/mol. The minimum Gasteiger partial charge on any atom is -0.351 e. The SMILES string of the molecule is CCOC(CN1C(=O)CC(C)CC1=O)OCC. The predicted molar refractivity (Wildman–Crippen MR) is 62.2 cm³/mol. The fourth-order valence-electron chi connectivity index (χ4n) is 1.91. The fourth-order valence-corrected chi connectivity index (χ4v) is 1.91. The molecule has 98 valence electrons. The predicted octanol–water partition coefficient (Wildman–Crippen LogP) is 1.17. The average Bonchev–Trinajstić information content (AvgIpc) is 2.23. The van der Waals surface area contributed by atoms with Gasteiger partial charge in [0.15, 0.2) is 6.29 Å². The third-order valence-electron chi connectivity index (χ3n) is 2.69. The van der Waals surface area contributed by atoms with E-state index in [-0.39, 0.29) is 24.3 Å². The standard InChI is InChI=1S/C12H21NO4/c1-4-16-12(17-5-2)8-13-10(14)6-9(3)7-11(13)15/h9,12H,4-8H2,1-3H3. The van der Waals surface area contributed by atoms with Crippen molar-refractivity contribution in [1.29, 1.82) is 0 Å². The maximum Gasteiger partial charge on any atom is 0.229 e. The smallest absolute Gasteiger partial charge is 0.229 e. The van der Waals surface area contributed by atoms with Crippen LogP contribution >= 0.6 is 0 Å². The van der Waals surface area contributed by atoms with Gasteiger partial charge >= 0.3 is 0 Å². The number of amides is 2. The Bertz CT molecular complexity index is 256. The van der Waals surface area contributed by atoms with Gasteiger partial charge in [-0.3, -0.25) is 14.5 Å². The van der Waals surface area contributed by atoms with Gasteiger partial charge in [0, 0.05) is 26.1 Å². The summed E-state index contributed by atoms with van der Waals surface area (Å²) in [4.78, 5) is 24.8. The molecule has 1 aliphatic rings. The second-order valence-corrected chi connectivity index (χ2v) is 4.25. The van der Waals surface area contributed by atoms with Gasteiger partial charge in [-0.05, 0) is 19.8 Å². The normalized spacial score (nSPS) is 18.2. The molecule has 5 heteroatoms. The number of likely N-dealkylation sites (tertiary alicyclic amines) is 1. The van der Waals surface area contributed by atoms with Crippen molar-refractivity contribution in [3.63, 3.8) is 0 Å². The Kier molecular flexibility index (Phi) is 5.58. The summed E-state index contributed by atoms with van der Waals surface area (Å²) in [7, 11) is 0. The summed E-state index contributed by atoms with van der Waals surface area (Å²) in [5.41, 5.74) is 0. The molecular weight excluding hydrogens is 222 g/mol. The highest BCUT2D eigenvalue weighted by Gasteiger charge is 2.32. The van der Waals surface area contributed by atoms with Crippen molar-refractivity contribution >= 4 is 11.8 Å². The molecule has 0 aromatic carbocycles. The largest absolute Gasteiger partial charge is 0.351 e. The third-order valence-corrected chi connectivity index (χ3v) is 2.69. The van der Waals surface area contributed by atoms with E-state index in [9.17, 15) is 9.59 Å². The summed E-state index contributed by atoms with van der Waals surface area (Å²) in [5.74, 6) is -0.111. The molecule has 0 spiro atoms. The van der Waals surface area contributed by atoms with E-state index in [2.05, 4.69) is 0 Å². The highest BCUT2D eigenvalue weighted by molar-refractivity contribution is 5.97. The van der Waals surface area contributed by atoms with E-state index in [1.807, 2.05) is 20.8 Å². The van der Waals surface area contributed by atoms with Crippen LogP contribution in [0.4, 0.5) is 0 Å². The molecule has 0 bridgehead atoms. The second-order valence-electron chi connectivity index (χ2n) is 4.25. The number of ether oxygens (including phenoxy) is 2. The molecule has 2 amide bonds.